The molecule has 0 amide bonds. The van der Waals surface area contributed by atoms with E-state index in [1.165, 1.54) is 4.88 Å². The number of halogens is 1. The van der Waals surface area contributed by atoms with Crippen LogP contribution in [-0.2, 0) is 22.4 Å². The number of nitriles is 1. The number of nitrogens with two attached hydrogens (primary N) is 1. The molecule has 5 rings (SSSR count). The molecule has 1 aromatic heterocycles. The Labute approximate surface area is 217 Å². The topological polar surface area (TPSA) is 96.4 Å². The van der Waals surface area contributed by atoms with Crippen LogP contribution in [0.5, 0.6) is 0 Å². The quantitative estimate of drug-likeness (QED) is 0.477. The minimum absolute atomic E-state index is 0.0309. The van der Waals surface area contributed by atoms with Crippen LogP contribution in [-0.4, -0.2) is 18.4 Å². The Hall–Kier alpha value is -2.89. The second-order valence-corrected chi connectivity index (χ2v) is 11.0. The van der Waals surface area contributed by atoms with E-state index in [1.807, 2.05) is 29.2 Å². The van der Waals surface area contributed by atoms with Crippen LogP contribution in [0.3, 0.4) is 0 Å². The molecule has 2 aliphatic carbocycles. The Balaban J connectivity index is 1.75. The van der Waals surface area contributed by atoms with Gasteiger partial charge < -0.3 is 10.5 Å². The van der Waals surface area contributed by atoms with Gasteiger partial charge in [0.15, 0.2) is 5.78 Å². The lowest BCUT2D eigenvalue weighted by molar-refractivity contribution is -0.116. The summed E-state index contributed by atoms with van der Waals surface area (Å²) in [6.45, 7) is 2.07. The van der Waals surface area contributed by atoms with Crippen molar-refractivity contribution in [3.8, 4) is 6.07 Å². The SMILES string of the molecule is CCOC(=O)c1c(N2C(N)=C(C#N)C(c3ccc(Br)cc3)C3=C2CCCC3=O)sc2c1CCCC2. The fourth-order valence-corrected chi connectivity index (χ4v) is 7.11. The van der Waals surface area contributed by atoms with E-state index in [1.54, 1.807) is 18.3 Å². The lowest BCUT2D eigenvalue weighted by atomic mass is 9.75. The third-order valence-corrected chi connectivity index (χ3v) is 8.76. The first-order valence-corrected chi connectivity index (χ1v) is 13.6. The van der Waals surface area contributed by atoms with Crippen molar-refractivity contribution in [3.05, 3.63) is 73.0 Å². The largest absolute Gasteiger partial charge is 0.462 e. The van der Waals surface area contributed by atoms with Crippen LogP contribution in [0.1, 0.15) is 71.3 Å². The molecule has 2 aromatic rings. The molecular formula is C27H26BrN3O3S. The normalized spacial score (nSPS) is 19.9. The predicted molar refractivity (Wildman–Crippen MR) is 139 cm³/mol. The highest BCUT2D eigenvalue weighted by Gasteiger charge is 2.42. The van der Waals surface area contributed by atoms with Crippen LogP contribution < -0.4 is 10.6 Å². The summed E-state index contributed by atoms with van der Waals surface area (Å²) in [6.07, 6.45) is 5.60. The predicted octanol–water partition coefficient (Wildman–Crippen LogP) is 5.87. The highest BCUT2D eigenvalue weighted by atomic mass is 79.9. The Morgan fingerprint density at radius 3 is 2.66 bits per heavy atom. The number of benzene rings is 1. The Morgan fingerprint density at radius 2 is 1.94 bits per heavy atom. The molecule has 1 aromatic carbocycles. The number of Topliss-reactive ketones (excluding diaryl/α,β-unsaturated/α-hetero) is 1. The Bertz CT molecular complexity index is 1320. The van der Waals surface area contributed by atoms with Gasteiger partial charge in [0.2, 0.25) is 0 Å². The second-order valence-electron chi connectivity index (χ2n) is 8.98. The van der Waals surface area contributed by atoms with E-state index < -0.39 is 5.92 Å². The van der Waals surface area contributed by atoms with Crippen LogP contribution in [0.2, 0.25) is 0 Å². The number of hydrogen-bond donors (Lipinski definition) is 1. The van der Waals surface area contributed by atoms with Gasteiger partial charge in [-0.15, -0.1) is 11.3 Å². The van der Waals surface area contributed by atoms with E-state index in [9.17, 15) is 14.9 Å². The van der Waals surface area contributed by atoms with E-state index in [2.05, 4.69) is 22.0 Å². The number of allylic oxidation sites excluding steroid dienone is 3. The van der Waals surface area contributed by atoms with Gasteiger partial charge in [-0.05, 0) is 68.7 Å². The number of ether oxygens (including phenoxy) is 1. The monoisotopic (exact) mass is 551 g/mol. The number of carbonyl (C=O) groups is 2. The first kappa shape index (κ1) is 23.8. The van der Waals surface area contributed by atoms with Crippen molar-refractivity contribution in [1.29, 1.82) is 5.26 Å². The van der Waals surface area contributed by atoms with Crippen LogP contribution in [0, 0.1) is 11.3 Å². The average Bonchev–Trinajstić information content (AvgIpc) is 3.23. The number of esters is 1. The summed E-state index contributed by atoms with van der Waals surface area (Å²) in [5.74, 6) is -0.568. The molecule has 2 heterocycles. The number of rotatable bonds is 4. The maximum absolute atomic E-state index is 13.4. The molecule has 2 N–H and O–H groups in total. The first-order chi connectivity index (χ1) is 17.0. The number of anilines is 1. The molecule has 35 heavy (non-hydrogen) atoms. The first-order valence-electron chi connectivity index (χ1n) is 12.0. The maximum Gasteiger partial charge on any atom is 0.341 e. The van der Waals surface area contributed by atoms with Crippen molar-refractivity contribution >= 4 is 44.0 Å². The summed E-state index contributed by atoms with van der Waals surface area (Å²) >= 11 is 5.01. The Morgan fingerprint density at radius 1 is 1.20 bits per heavy atom. The molecule has 0 saturated carbocycles. The molecule has 6 nitrogen and oxygen atoms in total. The number of fused-ring (bicyclic) bond motifs is 1. The van der Waals surface area contributed by atoms with Crippen molar-refractivity contribution < 1.29 is 14.3 Å². The van der Waals surface area contributed by atoms with E-state index in [0.717, 1.165) is 47.0 Å². The molecule has 0 saturated heterocycles. The molecule has 8 heteroatoms. The standard InChI is InChI=1S/C27H26BrN3O3S/c1-2-34-27(33)23-17-6-3-4-9-21(17)35-26(23)31-19-7-5-8-20(32)24(19)22(18(14-29)25(31)30)15-10-12-16(28)13-11-15/h10-13,22H,2-9,30H2,1H3. The fourth-order valence-electron chi connectivity index (χ4n) is 5.43. The lowest BCUT2D eigenvalue weighted by Crippen LogP contribution is -2.39. The highest BCUT2D eigenvalue weighted by molar-refractivity contribution is 9.10. The van der Waals surface area contributed by atoms with Crippen molar-refractivity contribution in [2.45, 2.75) is 57.8 Å². The summed E-state index contributed by atoms with van der Waals surface area (Å²) in [5, 5.41) is 10.9. The number of aryl methyl sites for hydroxylation is 1. The molecule has 3 aliphatic rings. The van der Waals surface area contributed by atoms with Gasteiger partial charge in [-0.1, -0.05) is 28.1 Å². The number of nitrogens with zero attached hydrogens (tertiary/aromatic N) is 2. The number of carbonyl (C=O) groups excluding carboxylic acids is 2. The van der Waals surface area contributed by atoms with Crippen LogP contribution >= 0.6 is 27.3 Å². The van der Waals surface area contributed by atoms with Gasteiger partial charge in [0.25, 0.3) is 0 Å². The van der Waals surface area contributed by atoms with E-state index in [0.29, 0.717) is 41.0 Å². The zero-order chi connectivity index (χ0) is 24.7. The van der Waals surface area contributed by atoms with Gasteiger partial charge in [-0.25, -0.2) is 4.79 Å². The second kappa shape index (κ2) is 9.63. The minimum atomic E-state index is -0.521. The zero-order valence-electron chi connectivity index (χ0n) is 19.5. The number of thiophene rings is 1. The van der Waals surface area contributed by atoms with Gasteiger partial charge in [0.05, 0.1) is 29.7 Å². The lowest BCUT2D eigenvalue weighted by Gasteiger charge is -2.39. The smallest absolute Gasteiger partial charge is 0.341 e. The van der Waals surface area contributed by atoms with E-state index in [4.69, 9.17) is 10.5 Å². The summed E-state index contributed by atoms with van der Waals surface area (Å²) in [7, 11) is 0. The molecule has 180 valence electrons. The Kier molecular flexibility index (Phi) is 6.56. The third kappa shape index (κ3) is 4.01. The van der Waals surface area contributed by atoms with Crippen molar-refractivity contribution in [2.24, 2.45) is 5.73 Å². The van der Waals surface area contributed by atoms with Gasteiger partial charge >= 0.3 is 5.97 Å². The summed E-state index contributed by atoms with van der Waals surface area (Å²) in [4.78, 5) is 29.6. The molecule has 0 fully saturated rings. The number of hydrogen-bond acceptors (Lipinski definition) is 7. The maximum atomic E-state index is 13.4. The van der Waals surface area contributed by atoms with E-state index in [-0.39, 0.29) is 24.2 Å². The highest BCUT2D eigenvalue weighted by Crippen LogP contribution is 2.50. The van der Waals surface area contributed by atoms with E-state index >= 15 is 0 Å². The zero-order valence-corrected chi connectivity index (χ0v) is 21.9. The van der Waals surface area contributed by atoms with Crippen molar-refractivity contribution in [1.82, 2.24) is 0 Å². The van der Waals surface area contributed by atoms with Crippen LogP contribution in [0.25, 0.3) is 0 Å². The summed E-state index contributed by atoms with van der Waals surface area (Å²) < 4.78 is 6.38. The third-order valence-electron chi connectivity index (χ3n) is 6.95. The van der Waals surface area contributed by atoms with Crippen molar-refractivity contribution in [2.75, 3.05) is 11.5 Å². The average molecular weight is 552 g/mol. The number of ketones is 1. The molecule has 1 unspecified atom stereocenters. The van der Waals surface area contributed by atoms with Crippen LogP contribution in [0.15, 0.2) is 51.4 Å². The van der Waals surface area contributed by atoms with Gasteiger partial charge in [0.1, 0.15) is 10.8 Å². The summed E-state index contributed by atoms with van der Waals surface area (Å²) in [5.41, 5.74) is 10.9. The molecule has 1 aliphatic heterocycles. The fraction of sp³-hybridized carbons (Fsp3) is 0.370. The van der Waals surface area contributed by atoms with Gasteiger partial charge in [-0.3, -0.25) is 9.69 Å². The molecule has 0 bridgehead atoms. The van der Waals surface area contributed by atoms with Crippen molar-refractivity contribution in [3.63, 3.8) is 0 Å². The van der Waals surface area contributed by atoms with Gasteiger partial charge in [-0.2, -0.15) is 5.26 Å². The molecule has 1 atom stereocenters. The molecule has 0 radical (unpaired) electrons. The molecular weight excluding hydrogens is 526 g/mol. The molecule has 0 spiro atoms. The van der Waals surface area contributed by atoms with Gasteiger partial charge in [0, 0.05) is 27.0 Å². The minimum Gasteiger partial charge on any atom is -0.462 e. The van der Waals surface area contributed by atoms with Crippen LogP contribution in [0.4, 0.5) is 5.00 Å². The summed E-state index contributed by atoms with van der Waals surface area (Å²) in [6, 6.07) is 9.98.